The predicted molar refractivity (Wildman–Crippen MR) is 102 cm³/mol. The number of amides is 1. The summed E-state index contributed by atoms with van der Waals surface area (Å²) in [5, 5.41) is 7.80. The van der Waals surface area contributed by atoms with Crippen molar-refractivity contribution in [1.29, 1.82) is 0 Å². The number of para-hydroxylation sites is 2. The average Bonchev–Trinajstić information content (AvgIpc) is 3.22. The summed E-state index contributed by atoms with van der Waals surface area (Å²) < 4.78 is 1.75. The van der Waals surface area contributed by atoms with Crippen LogP contribution >= 0.6 is 0 Å². The van der Waals surface area contributed by atoms with Crippen molar-refractivity contribution in [3.05, 3.63) is 88.7 Å². The Morgan fingerprint density at radius 1 is 1.11 bits per heavy atom. The van der Waals surface area contributed by atoms with E-state index in [1.54, 1.807) is 35.1 Å². The van der Waals surface area contributed by atoms with Gasteiger partial charge in [0, 0.05) is 17.8 Å². The van der Waals surface area contributed by atoms with E-state index >= 15 is 0 Å². The zero-order valence-electron chi connectivity index (χ0n) is 14.6. The van der Waals surface area contributed by atoms with E-state index in [-0.39, 0.29) is 11.7 Å². The van der Waals surface area contributed by atoms with Crippen molar-refractivity contribution < 1.29 is 4.79 Å². The van der Waals surface area contributed by atoms with E-state index in [9.17, 15) is 9.59 Å². The molecule has 0 saturated carbocycles. The number of H-pyrrole nitrogens is 1. The molecule has 0 radical (unpaired) electrons. The maximum Gasteiger partial charge on any atom is 0.346 e. The van der Waals surface area contributed by atoms with Gasteiger partial charge in [0.1, 0.15) is 5.69 Å². The largest absolute Gasteiger partial charge is 0.346 e. The Bertz CT molecular complexity index is 1160. The molecule has 27 heavy (non-hydrogen) atoms. The Hall–Kier alpha value is -3.74. The van der Waals surface area contributed by atoms with Gasteiger partial charge in [-0.25, -0.2) is 9.48 Å². The average molecular weight is 359 g/mol. The van der Waals surface area contributed by atoms with E-state index in [4.69, 9.17) is 0 Å². The molecule has 2 aromatic carbocycles. The molecule has 2 heterocycles. The Morgan fingerprint density at radius 3 is 2.70 bits per heavy atom. The third-order valence-electron chi connectivity index (χ3n) is 4.35. The normalized spacial score (nSPS) is 12.0. The van der Waals surface area contributed by atoms with Crippen LogP contribution in [0.3, 0.4) is 0 Å². The number of hydrogen-bond acceptors (Lipinski definition) is 4. The van der Waals surface area contributed by atoms with Crippen LogP contribution in [0.2, 0.25) is 0 Å². The van der Waals surface area contributed by atoms with Crippen LogP contribution in [-0.2, 0) is 0 Å². The number of aromatic nitrogens is 4. The predicted octanol–water partition coefficient (Wildman–Crippen LogP) is 2.60. The fourth-order valence-electron chi connectivity index (χ4n) is 3.09. The minimum absolute atomic E-state index is 0.109. The number of carbonyl (C=O) groups is 1. The number of benzene rings is 2. The molecule has 4 aromatic rings. The minimum Gasteiger partial charge on any atom is -0.344 e. The maximum atomic E-state index is 12.8. The van der Waals surface area contributed by atoms with Crippen molar-refractivity contribution in [1.82, 2.24) is 25.1 Å². The van der Waals surface area contributed by atoms with Crippen LogP contribution in [0.25, 0.3) is 16.6 Å². The van der Waals surface area contributed by atoms with Crippen molar-refractivity contribution in [3.63, 3.8) is 0 Å². The highest BCUT2D eigenvalue weighted by molar-refractivity contribution is 6.04. The fraction of sp³-hybridized carbons (Fsp3) is 0.100. The van der Waals surface area contributed by atoms with E-state index in [0.29, 0.717) is 10.9 Å². The summed E-state index contributed by atoms with van der Waals surface area (Å²) in [7, 11) is 0. The second kappa shape index (κ2) is 6.87. The van der Waals surface area contributed by atoms with Crippen LogP contribution in [0.4, 0.5) is 0 Å². The van der Waals surface area contributed by atoms with E-state index in [1.165, 1.54) is 0 Å². The summed E-state index contributed by atoms with van der Waals surface area (Å²) in [5.74, 6) is -0.403. The molecule has 0 aliphatic carbocycles. The minimum atomic E-state index is -0.552. The zero-order valence-corrected chi connectivity index (χ0v) is 14.6. The Balaban J connectivity index is 1.68. The molecular weight excluding hydrogens is 342 g/mol. The number of carbonyl (C=O) groups excluding carboxylic acids is 1. The van der Waals surface area contributed by atoms with Gasteiger partial charge < -0.3 is 10.3 Å². The molecule has 1 unspecified atom stereocenters. The molecule has 0 aliphatic heterocycles. The molecular formula is C20H17N5O2. The Kier molecular flexibility index (Phi) is 4.25. The van der Waals surface area contributed by atoms with Crippen molar-refractivity contribution in [2.45, 2.75) is 13.0 Å². The first-order chi connectivity index (χ1) is 13.1. The van der Waals surface area contributed by atoms with Crippen LogP contribution in [0, 0.1) is 0 Å². The van der Waals surface area contributed by atoms with Crippen molar-refractivity contribution in [2.75, 3.05) is 0 Å². The van der Waals surface area contributed by atoms with E-state index < -0.39 is 11.6 Å². The number of nitrogens with one attached hydrogen (secondary N) is 2. The monoisotopic (exact) mass is 359 g/mol. The fourth-order valence-corrected chi connectivity index (χ4v) is 3.09. The van der Waals surface area contributed by atoms with Crippen molar-refractivity contribution in [2.24, 2.45) is 0 Å². The molecule has 4 rings (SSSR count). The molecule has 7 nitrogen and oxygen atoms in total. The second-order valence-corrected chi connectivity index (χ2v) is 6.14. The number of rotatable bonds is 4. The van der Waals surface area contributed by atoms with Gasteiger partial charge in [-0.3, -0.25) is 4.79 Å². The molecule has 1 amide bonds. The van der Waals surface area contributed by atoms with E-state index in [1.807, 2.05) is 43.5 Å². The summed E-state index contributed by atoms with van der Waals surface area (Å²) >= 11 is 0. The summed E-state index contributed by atoms with van der Waals surface area (Å²) in [5.41, 5.74) is 1.91. The van der Waals surface area contributed by atoms with Gasteiger partial charge >= 0.3 is 5.69 Å². The molecule has 1 atom stereocenters. The lowest BCUT2D eigenvalue weighted by Gasteiger charge is -2.18. The first kappa shape index (κ1) is 16.7. The van der Waals surface area contributed by atoms with Gasteiger partial charge in [0.15, 0.2) is 0 Å². The number of fused-ring (bicyclic) bond motifs is 1. The first-order valence-corrected chi connectivity index (χ1v) is 8.52. The Morgan fingerprint density at radius 2 is 1.89 bits per heavy atom. The number of hydrogen-bond donors (Lipinski definition) is 2. The molecule has 2 N–H and O–H groups in total. The maximum absolute atomic E-state index is 12.8. The standard InChI is InChI=1S/C20H17N5O2/c1-13(14-7-3-5-10-17(14)25-12-6-11-21-25)22-19(26)18-15-8-2-4-9-16(15)23-20(27)24-18/h2-13H,1H3,(H,22,26)(H,23,24,27). The molecule has 2 aromatic heterocycles. The number of aromatic amines is 1. The third-order valence-corrected chi connectivity index (χ3v) is 4.35. The van der Waals surface area contributed by atoms with Crippen molar-refractivity contribution >= 4 is 16.8 Å². The molecule has 0 spiro atoms. The van der Waals surface area contributed by atoms with Crippen LogP contribution in [0.1, 0.15) is 29.0 Å². The first-order valence-electron chi connectivity index (χ1n) is 8.52. The highest BCUT2D eigenvalue weighted by Gasteiger charge is 2.18. The lowest BCUT2D eigenvalue weighted by atomic mass is 10.1. The third kappa shape index (κ3) is 3.22. The summed E-state index contributed by atoms with van der Waals surface area (Å²) in [6, 6.07) is 16.3. The lowest BCUT2D eigenvalue weighted by molar-refractivity contribution is 0.0936. The van der Waals surface area contributed by atoms with Gasteiger partial charge in [0.05, 0.1) is 17.2 Å². The quantitative estimate of drug-likeness (QED) is 0.586. The Labute approximate surface area is 154 Å². The summed E-state index contributed by atoms with van der Waals surface area (Å²) in [6.07, 6.45) is 3.55. The highest BCUT2D eigenvalue weighted by atomic mass is 16.2. The highest BCUT2D eigenvalue weighted by Crippen LogP contribution is 2.22. The molecule has 0 fully saturated rings. The summed E-state index contributed by atoms with van der Waals surface area (Å²) in [4.78, 5) is 31.2. The van der Waals surface area contributed by atoms with Gasteiger partial charge in [-0.1, -0.05) is 36.4 Å². The second-order valence-electron chi connectivity index (χ2n) is 6.14. The van der Waals surface area contributed by atoms with Crippen LogP contribution < -0.4 is 11.0 Å². The topological polar surface area (TPSA) is 92.7 Å². The van der Waals surface area contributed by atoms with E-state index in [2.05, 4.69) is 20.4 Å². The smallest absolute Gasteiger partial charge is 0.344 e. The van der Waals surface area contributed by atoms with Crippen LogP contribution in [-0.4, -0.2) is 25.7 Å². The van der Waals surface area contributed by atoms with E-state index in [0.717, 1.165) is 11.3 Å². The molecule has 134 valence electrons. The molecule has 0 aliphatic rings. The van der Waals surface area contributed by atoms with Gasteiger partial charge in [0.2, 0.25) is 0 Å². The van der Waals surface area contributed by atoms with Gasteiger partial charge in [0.25, 0.3) is 5.91 Å². The van der Waals surface area contributed by atoms with Crippen LogP contribution in [0.5, 0.6) is 0 Å². The molecule has 0 saturated heterocycles. The van der Waals surface area contributed by atoms with Gasteiger partial charge in [-0.05, 0) is 30.7 Å². The SMILES string of the molecule is CC(NC(=O)c1nc(=O)[nH]c2ccccc12)c1ccccc1-n1cccn1. The number of nitrogens with zero attached hydrogens (tertiary/aromatic N) is 3. The van der Waals surface area contributed by atoms with Gasteiger partial charge in [-0.2, -0.15) is 10.1 Å². The van der Waals surface area contributed by atoms with Crippen molar-refractivity contribution in [3.8, 4) is 5.69 Å². The molecule has 0 bridgehead atoms. The summed E-state index contributed by atoms with van der Waals surface area (Å²) in [6.45, 7) is 1.88. The van der Waals surface area contributed by atoms with Gasteiger partial charge in [-0.15, -0.1) is 0 Å². The lowest BCUT2D eigenvalue weighted by Crippen LogP contribution is -2.30. The van der Waals surface area contributed by atoms with Crippen LogP contribution in [0.15, 0.2) is 71.8 Å². The molecule has 7 heteroatoms. The zero-order chi connectivity index (χ0) is 18.8.